The highest BCUT2D eigenvalue weighted by Gasteiger charge is 2.06. The van der Waals surface area contributed by atoms with Crippen LogP contribution in [0, 0.1) is 6.92 Å². The molecule has 2 aromatic rings. The summed E-state index contributed by atoms with van der Waals surface area (Å²) in [5, 5.41) is 7.92. The van der Waals surface area contributed by atoms with Crippen LogP contribution in [0.2, 0.25) is 0 Å². The number of hydrogen-bond acceptors (Lipinski definition) is 5. The number of aromatic nitrogens is 3. The van der Waals surface area contributed by atoms with Gasteiger partial charge < -0.3 is 4.74 Å². The van der Waals surface area contributed by atoms with Crippen LogP contribution in [-0.2, 0) is 13.5 Å². The van der Waals surface area contributed by atoms with Crippen LogP contribution in [0.1, 0.15) is 11.4 Å². The van der Waals surface area contributed by atoms with E-state index in [1.54, 1.807) is 4.57 Å². The van der Waals surface area contributed by atoms with Gasteiger partial charge in [0, 0.05) is 13.5 Å². The van der Waals surface area contributed by atoms with Gasteiger partial charge in [0.1, 0.15) is 11.6 Å². The minimum atomic E-state index is 0.542. The number of hydrazine groups is 1. The fraction of sp³-hybridized carbons (Fsp3) is 0.333. The monoisotopic (exact) mass is 247 g/mol. The Bertz CT molecular complexity index is 506. The van der Waals surface area contributed by atoms with E-state index in [1.165, 1.54) is 5.56 Å². The summed E-state index contributed by atoms with van der Waals surface area (Å²) in [6.45, 7) is 2.60. The number of benzene rings is 1. The fourth-order valence-electron chi connectivity index (χ4n) is 1.60. The molecule has 0 bridgehead atoms. The Morgan fingerprint density at radius 3 is 2.61 bits per heavy atom. The topological polar surface area (TPSA) is 78.0 Å². The van der Waals surface area contributed by atoms with Crippen molar-refractivity contribution in [3.63, 3.8) is 0 Å². The highest BCUT2D eigenvalue weighted by molar-refractivity contribution is 5.26. The maximum Gasteiger partial charge on any atom is 0.238 e. The van der Waals surface area contributed by atoms with E-state index in [9.17, 15) is 0 Å². The number of nitrogen functional groups attached to an aromatic ring is 1. The summed E-state index contributed by atoms with van der Waals surface area (Å²) in [5.74, 6) is 7.53. The zero-order valence-electron chi connectivity index (χ0n) is 10.6. The molecule has 0 aliphatic heterocycles. The van der Waals surface area contributed by atoms with Gasteiger partial charge in [-0.3, -0.25) is 9.99 Å². The Hall–Kier alpha value is -2.08. The van der Waals surface area contributed by atoms with Crippen molar-refractivity contribution in [2.45, 2.75) is 13.3 Å². The molecule has 1 aromatic carbocycles. The molecule has 0 fully saturated rings. The Kier molecular flexibility index (Phi) is 3.78. The van der Waals surface area contributed by atoms with Gasteiger partial charge >= 0.3 is 0 Å². The van der Waals surface area contributed by atoms with Crippen molar-refractivity contribution >= 4 is 5.95 Å². The number of nitrogens with one attached hydrogen (secondary N) is 1. The molecule has 0 saturated carbocycles. The van der Waals surface area contributed by atoms with Crippen LogP contribution in [0.3, 0.4) is 0 Å². The number of hydrogen-bond donors (Lipinski definition) is 2. The lowest BCUT2D eigenvalue weighted by molar-refractivity contribution is 0.317. The SMILES string of the molecule is Cc1ccc(OCCc2nnc(NN)n2C)cc1. The van der Waals surface area contributed by atoms with Gasteiger partial charge in [0.05, 0.1) is 6.61 Å². The summed E-state index contributed by atoms with van der Waals surface area (Å²) < 4.78 is 7.43. The van der Waals surface area contributed by atoms with Crippen LogP contribution in [0.25, 0.3) is 0 Å². The maximum absolute atomic E-state index is 5.63. The number of nitrogens with zero attached hydrogens (tertiary/aromatic N) is 3. The first-order valence-corrected chi connectivity index (χ1v) is 5.75. The smallest absolute Gasteiger partial charge is 0.238 e. The van der Waals surface area contributed by atoms with Gasteiger partial charge in [0.25, 0.3) is 0 Å². The largest absolute Gasteiger partial charge is 0.493 e. The molecule has 2 rings (SSSR count). The molecule has 3 N–H and O–H groups in total. The molecule has 0 atom stereocenters. The molecular formula is C12H17N5O. The van der Waals surface area contributed by atoms with Crippen LogP contribution >= 0.6 is 0 Å². The fourth-order valence-corrected chi connectivity index (χ4v) is 1.60. The first kappa shape index (κ1) is 12.4. The average molecular weight is 247 g/mol. The number of nitrogens with two attached hydrogens (primary N) is 1. The standard InChI is InChI=1S/C12H17N5O/c1-9-3-5-10(6-4-9)18-8-7-11-15-16-12(14-13)17(11)2/h3-6H,7-8,13H2,1-2H3,(H,14,16). The van der Waals surface area contributed by atoms with E-state index >= 15 is 0 Å². The average Bonchev–Trinajstić information content (AvgIpc) is 2.73. The van der Waals surface area contributed by atoms with Crippen molar-refractivity contribution in [2.75, 3.05) is 12.0 Å². The van der Waals surface area contributed by atoms with Gasteiger partial charge in [-0.05, 0) is 19.1 Å². The predicted molar refractivity (Wildman–Crippen MR) is 69.2 cm³/mol. The van der Waals surface area contributed by atoms with E-state index in [2.05, 4.69) is 15.6 Å². The van der Waals surface area contributed by atoms with Crippen LogP contribution in [0.4, 0.5) is 5.95 Å². The lowest BCUT2D eigenvalue weighted by Gasteiger charge is -2.06. The maximum atomic E-state index is 5.63. The number of ether oxygens (including phenoxy) is 1. The quantitative estimate of drug-likeness (QED) is 0.609. The molecule has 1 aromatic heterocycles. The van der Waals surface area contributed by atoms with Gasteiger partial charge in [-0.2, -0.15) is 0 Å². The zero-order valence-corrected chi connectivity index (χ0v) is 10.6. The van der Waals surface area contributed by atoms with Crippen molar-refractivity contribution in [3.8, 4) is 5.75 Å². The summed E-state index contributed by atoms with van der Waals surface area (Å²) in [7, 11) is 1.86. The summed E-state index contributed by atoms with van der Waals surface area (Å²) in [4.78, 5) is 0. The van der Waals surface area contributed by atoms with Crippen molar-refractivity contribution < 1.29 is 4.74 Å². The lowest BCUT2D eigenvalue weighted by atomic mass is 10.2. The third-order valence-corrected chi connectivity index (χ3v) is 2.71. The second kappa shape index (κ2) is 5.50. The van der Waals surface area contributed by atoms with E-state index in [0.717, 1.165) is 11.6 Å². The molecule has 6 heteroatoms. The van der Waals surface area contributed by atoms with Crippen molar-refractivity contribution in [2.24, 2.45) is 12.9 Å². The summed E-state index contributed by atoms with van der Waals surface area (Å²) in [5.41, 5.74) is 3.70. The number of anilines is 1. The van der Waals surface area contributed by atoms with Gasteiger partial charge in [-0.15, -0.1) is 10.2 Å². The second-order valence-electron chi connectivity index (χ2n) is 4.05. The molecule has 0 radical (unpaired) electrons. The third kappa shape index (κ3) is 2.78. The number of aryl methyl sites for hydroxylation is 1. The molecule has 96 valence electrons. The van der Waals surface area contributed by atoms with E-state index < -0.39 is 0 Å². The van der Waals surface area contributed by atoms with E-state index in [-0.39, 0.29) is 0 Å². The normalized spacial score (nSPS) is 10.4. The highest BCUT2D eigenvalue weighted by atomic mass is 16.5. The van der Waals surface area contributed by atoms with Gasteiger partial charge in [0.15, 0.2) is 0 Å². The van der Waals surface area contributed by atoms with Crippen molar-refractivity contribution in [1.29, 1.82) is 0 Å². The summed E-state index contributed by atoms with van der Waals surface area (Å²) >= 11 is 0. The molecule has 0 saturated heterocycles. The zero-order chi connectivity index (χ0) is 13.0. The van der Waals surface area contributed by atoms with Crippen molar-refractivity contribution in [1.82, 2.24) is 14.8 Å². The van der Waals surface area contributed by atoms with Gasteiger partial charge in [-0.25, -0.2) is 5.84 Å². The Morgan fingerprint density at radius 2 is 2.00 bits per heavy atom. The molecule has 18 heavy (non-hydrogen) atoms. The molecule has 0 aliphatic rings. The van der Waals surface area contributed by atoms with Crippen LogP contribution in [-0.4, -0.2) is 21.4 Å². The Labute approximate surface area is 106 Å². The summed E-state index contributed by atoms with van der Waals surface area (Å²) in [6.07, 6.45) is 0.680. The van der Waals surface area contributed by atoms with Gasteiger partial charge in [-0.1, -0.05) is 17.7 Å². The minimum Gasteiger partial charge on any atom is -0.493 e. The molecule has 0 spiro atoms. The highest BCUT2D eigenvalue weighted by Crippen LogP contribution is 2.12. The van der Waals surface area contributed by atoms with E-state index in [0.29, 0.717) is 19.0 Å². The Balaban J connectivity index is 1.88. The van der Waals surface area contributed by atoms with Gasteiger partial charge in [0.2, 0.25) is 5.95 Å². The molecule has 0 unspecified atom stereocenters. The van der Waals surface area contributed by atoms with Crippen molar-refractivity contribution in [3.05, 3.63) is 35.7 Å². The first-order chi connectivity index (χ1) is 8.70. The summed E-state index contributed by atoms with van der Waals surface area (Å²) in [6, 6.07) is 7.96. The van der Waals surface area contributed by atoms with Crippen LogP contribution in [0.5, 0.6) is 5.75 Å². The van der Waals surface area contributed by atoms with E-state index in [4.69, 9.17) is 10.6 Å². The van der Waals surface area contributed by atoms with E-state index in [1.807, 2.05) is 38.2 Å². The minimum absolute atomic E-state index is 0.542. The molecule has 0 amide bonds. The first-order valence-electron chi connectivity index (χ1n) is 5.75. The lowest BCUT2D eigenvalue weighted by Crippen LogP contribution is -2.13. The number of rotatable bonds is 5. The second-order valence-corrected chi connectivity index (χ2v) is 4.05. The Morgan fingerprint density at radius 1 is 1.28 bits per heavy atom. The molecule has 1 heterocycles. The molecule has 6 nitrogen and oxygen atoms in total. The molecule has 0 aliphatic carbocycles. The molecular weight excluding hydrogens is 230 g/mol. The van der Waals surface area contributed by atoms with Crippen LogP contribution in [0.15, 0.2) is 24.3 Å². The predicted octanol–water partition coefficient (Wildman–Crippen LogP) is 1.03. The van der Waals surface area contributed by atoms with Crippen LogP contribution < -0.4 is 16.0 Å². The third-order valence-electron chi connectivity index (χ3n) is 2.71.